The number of carboxylic acids is 1. The molecule has 0 rings (SSSR count). The van der Waals surface area contributed by atoms with Gasteiger partial charge in [0.15, 0.2) is 0 Å². The largest absolute Gasteiger partial charge is 0.674 e. The van der Waals surface area contributed by atoms with E-state index in [9.17, 15) is 9.59 Å². The van der Waals surface area contributed by atoms with Crippen LogP contribution in [0.15, 0.2) is 0 Å². The molecule has 0 saturated carbocycles. The van der Waals surface area contributed by atoms with Crippen molar-refractivity contribution < 1.29 is 22.3 Å². The second-order valence-electron chi connectivity index (χ2n) is 4.56. The second-order valence-corrected chi connectivity index (χ2v) is 6.90. The van der Waals surface area contributed by atoms with Crippen LogP contribution in [0, 0.1) is 0 Å². The van der Waals surface area contributed by atoms with E-state index in [1.165, 1.54) is 32.6 Å². The van der Waals surface area contributed by atoms with E-state index in [2.05, 4.69) is 20.8 Å². The minimum Gasteiger partial charge on any atom is -0.481 e. The van der Waals surface area contributed by atoms with Gasteiger partial charge in [0, 0.05) is 13.2 Å². The molecule has 0 aromatic heterocycles. The maximum Gasteiger partial charge on any atom is 0.674 e. The molecule has 0 unspecified atom stereocenters. The average molecular weight is 304 g/mol. The normalized spacial score (nSPS) is 9.60. The van der Waals surface area contributed by atoms with Crippen LogP contribution in [-0.4, -0.2) is 44.9 Å². The zero-order chi connectivity index (χ0) is 15.8. The average Bonchev–Trinajstić information content (AvgIpc) is 2.36. The lowest BCUT2D eigenvalue weighted by Crippen LogP contribution is -2.22. The number of ketones is 1. The van der Waals surface area contributed by atoms with Crippen molar-refractivity contribution in [3.63, 3.8) is 0 Å². The number of Topliss-reactive ketones (excluding diaryl/α,β-unsaturated/α-hetero) is 1. The first kappa shape index (κ1) is 21.9. The maximum absolute atomic E-state index is 9.87. The fourth-order valence-corrected chi connectivity index (χ4v) is 2.64. The molecule has 0 atom stereocenters. The molecule has 0 aliphatic carbocycles. The van der Waals surface area contributed by atoms with Crippen LogP contribution in [0.5, 0.6) is 0 Å². The molecule has 0 spiro atoms. The van der Waals surface area contributed by atoms with Crippen LogP contribution in [-0.2, 0) is 17.2 Å². The molecule has 1 N–H and O–H groups in total. The molecular weight excluding hydrogens is 275 g/mol. The monoisotopic (exact) mass is 304 g/mol. The third-order valence-corrected chi connectivity index (χ3v) is 4.22. The summed E-state index contributed by atoms with van der Waals surface area (Å²) in [5, 5.41) is 8.95. The molecule has 6 heteroatoms. The first-order valence-corrected chi connectivity index (χ1v) is 9.18. The molecule has 0 heterocycles. The summed E-state index contributed by atoms with van der Waals surface area (Å²) in [5.74, 6) is -1.37. The van der Waals surface area contributed by atoms with Crippen molar-refractivity contribution in [2.75, 3.05) is 13.2 Å². The number of hydrogen-bond donors (Lipinski definition) is 1. The van der Waals surface area contributed by atoms with Crippen molar-refractivity contribution in [3.8, 4) is 0 Å². The molecule has 20 heavy (non-hydrogen) atoms. The highest BCUT2D eigenvalue weighted by Crippen LogP contribution is 2.00. The number of rotatable bonds is 11. The topological polar surface area (TPSA) is 72.8 Å². The van der Waals surface area contributed by atoms with Gasteiger partial charge >= 0.3 is 20.8 Å². The molecule has 0 amide bonds. The lowest BCUT2D eigenvalue weighted by Gasteiger charge is -2.11. The zero-order valence-electron chi connectivity index (χ0n) is 13.3. The molecule has 0 aliphatic heterocycles. The van der Waals surface area contributed by atoms with E-state index in [0.717, 1.165) is 18.5 Å². The van der Waals surface area contributed by atoms with E-state index in [1.54, 1.807) is 0 Å². The quantitative estimate of drug-likeness (QED) is 0.360. The van der Waals surface area contributed by atoms with Crippen molar-refractivity contribution in [2.45, 2.75) is 65.1 Å². The Kier molecular flexibility index (Phi) is 18.2. The minimum atomic E-state index is -1.28. The molecule has 5 nitrogen and oxygen atoms in total. The molecule has 0 aliphatic rings. The van der Waals surface area contributed by atoms with Crippen LogP contribution >= 0.6 is 0 Å². The van der Waals surface area contributed by atoms with Crippen molar-refractivity contribution in [1.29, 1.82) is 0 Å². The van der Waals surface area contributed by atoms with Gasteiger partial charge in [0.05, 0.1) is 0 Å². The highest BCUT2D eigenvalue weighted by molar-refractivity contribution is 6.44. The highest BCUT2D eigenvalue weighted by atomic mass is 27.2. The summed E-state index contributed by atoms with van der Waals surface area (Å²) >= 11 is -1.28. The lowest BCUT2D eigenvalue weighted by molar-refractivity contribution is -0.139. The van der Waals surface area contributed by atoms with Crippen LogP contribution in [0.4, 0.5) is 0 Å². The Morgan fingerprint density at radius 3 is 1.65 bits per heavy atom. The van der Waals surface area contributed by atoms with Crippen molar-refractivity contribution >= 4 is 26.6 Å². The summed E-state index contributed by atoms with van der Waals surface area (Å²) in [6.07, 6.45) is 4.39. The molecule has 0 aromatic carbocycles. The van der Waals surface area contributed by atoms with Crippen molar-refractivity contribution in [1.82, 2.24) is 0 Å². The number of carbonyl (C=O) groups is 2. The van der Waals surface area contributed by atoms with E-state index in [4.69, 9.17) is 12.7 Å². The van der Waals surface area contributed by atoms with Gasteiger partial charge in [0.25, 0.3) is 0 Å². The summed E-state index contributed by atoms with van der Waals surface area (Å²) in [4.78, 5) is 19.5. The van der Waals surface area contributed by atoms with Crippen LogP contribution in [0.3, 0.4) is 0 Å². The van der Waals surface area contributed by atoms with Gasteiger partial charge in [-0.1, -0.05) is 33.6 Å². The van der Waals surface area contributed by atoms with E-state index < -0.39 is 20.8 Å². The Morgan fingerprint density at radius 1 is 1.00 bits per heavy atom. The number of carbonyl (C=O) groups excluding carboxylic acids is 1. The second kappa shape index (κ2) is 16.6. The Hall–Kier alpha value is -0.408. The fourth-order valence-electron chi connectivity index (χ4n) is 1.22. The lowest BCUT2D eigenvalue weighted by atomic mass is 10.3. The molecule has 0 fully saturated rings. The van der Waals surface area contributed by atoms with E-state index in [-0.39, 0.29) is 12.2 Å². The van der Waals surface area contributed by atoms with Crippen molar-refractivity contribution in [2.24, 2.45) is 0 Å². The predicted octanol–water partition coefficient (Wildman–Crippen LogP) is 3.18. The summed E-state index contributed by atoms with van der Waals surface area (Å²) in [5.41, 5.74) is 0. The Bertz CT molecular complexity index is 224. The zero-order valence-corrected chi connectivity index (χ0v) is 14.5. The fraction of sp³-hybridized carbons (Fsp3) is 0.857. The summed E-state index contributed by atoms with van der Waals surface area (Å²) < 4.78 is 11.4. The van der Waals surface area contributed by atoms with Gasteiger partial charge in [0.2, 0.25) is 0 Å². The number of aliphatic carboxylic acids is 1. The van der Waals surface area contributed by atoms with Crippen LogP contribution in [0.1, 0.15) is 59.8 Å². The maximum atomic E-state index is 9.87. The first-order valence-electron chi connectivity index (χ1n) is 7.42. The molecular formula is C14H29AlO5. The van der Waals surface area contributed by atoms with Gasteiger partial charge in [-0.2, -0.15) is 0 Å². The van der Waals surface area contributed by atoms with Crippen molar-refractivity contribution in [3.05, 3.63) is 0 Å². The molecule has 0 bridgehead atoms. The molecule has 0 aromatic rings. The van der Waals surface area contributed by atoms with E-state index >= 15 is 0 Å². The Labute approximate surface area is 127 Å². The molecule has 0 saturated heterocycles. The molecule has 0 radical (unpaired) electrons. The van der Waals surface area contributed by atoms with Gasteiger partial charge in [-0.15, -0.1) is 0 Å². The van der Waals surface area contributed by atoms with Gasteiger partial charge in [-0.25, -0.2) is 0 Å². The summed E-state index contributed by atoms with van der Waals surface area (Å²) in [7, 11) is 0. The van der Waals surface area contributed by atoms with Gasteiger partial charge in [-0.3, -0.25) is 9.59 Å². The summed E-state index contributed by atoms with van der Waals surface area (Å²) in [6.45, 7) is 9.57. The van der Waals surface area contributed by atoms with E-state index in [1.807, 2.05) is 0 Å². The van der Waals surface area contributed by atoms with Crippen LogP contribution in [0.2, 0.25) is 5.28 Å². The van der Waals surface area contributed by atoms with Gasteiger partial charge in [-0.05, 0) is 25.0 Å². The SMILES string of the molecule is CC(=O)CC(=O)O.CCCC[O][Al]([CH2]C)[O]CCCC. The van der Waals surface area contributed by atoms with Crippen LogP contribution < -0.4 is 0 Å². The minimum absolute atomic E-state index is 0.312. The first-order chi connectivity index (χ1) is 9.47. The van der Waals surface area contributed by atoms with Gasteiger partial charge < -0.3 is 12.7 Å². The highest BCUT2D eigenvalue weighted by Gasteiger charge is 2.21. The third kappa shape index (κ3) is 19.9. The number of unbranched alkanes of at least 4 members (excludes halogenated alkanes) is 2. The number of carboxylic acid groups (broad SMARTS) is 1. The predicted molar refractivity (Wildman–Crippen MR) is 80.9 cm³/mol. The van der Waals surface area contributed by atoms with E-state index in [0.29, 0.717) is 0 Å². The smallest absolute Gasteiger partial charge is 0.481 e. The standard InChI is InChI=1S/C4H6O3.2C4H9O.C2H5.Al/c1-3(5)2-4(6)7;2*1-2-3-4-5;1-2;/h2H2,1H3,(H,6,7);2*2-4H2,1H3;1H2,2H3;/q;2*-1;;+2. The Morgan fingerprint density at radius 2 is 1.45 bits per heavy atom. The summed E-state index contributed by atoms with van der Waals surface area (Å²) in [6, 6.07) is 0. The number of hydrogen-bond acceptors (Lipinski definition) is 4. The third-order valence-electron chi connectivity index (χ3n) is 2.34. The molecule has 118 valence electrons. The van der Waals surface area contributed by atoms with Gasteiger partial charge in [0.1, 0.15) is 12.2 Å². The van der Waals surface area contributed by atoms with Crippen LogP contribution in [0.25, 0.3) is 0 Å². The Balaban J connectivity index is 0.